The lowest BCUT2D eigenvalue weighted by Gasteiger charge is -2.07. The first kappa shape index (κ1) is 11.4. The maximum atomic E-state index is 13.4. The van der Waals surface area contributed by atoms with E-state index >= 15 is 0 Å². The zero-order valence-corrected chi connectivity index (χ0v) is 9.77. The van der Waals surface area contributed by atoms with Crippen LogP contribution in [0.25, 0.3) is 0 Å². The summed E-state index contributed by atoms with van der Waals surface area (Å²) >= 11 is 0. The van der Waals surface area contributed by atoms with Crippen molar-refractivity contribution in [2.45, 2.75) is 13.3 Å². The van der Waals surface area contributed by atoms with Crippen LogP contribution in [0.2, 0.25) is 0 Å². The van der Waals surface area contributed by atoms with Gasteiger partial charge in [0.15, 0.2) is 11.6 Å². The van der Waals surface area contributed by atoms with Crippen LogP contribution in [0.5, 0.6) is 11.6 Å². The molecule has 0 radical (unpaired) electrons. The van der Waals surface area contributed by atoms with Gasteiger partial charge in [0.1, 0.15) is 5.69 Å². The molecule has 0 aliphatic rings. The first-order valence-electron chi connectivity index (χ1n) is 5.37. The average molecular weight is 235 g/mol. The van der Waals surface area contributed by atoms with Gasteiger partial charge >= 0.3 is 0 Å². The molecule has 0 saturated heterocycles. The molecule has 0 amide bonds. The predicted molar refractivity (Wildman–Crippen MR) is 63.5 cm³/mol. The molecular formula is C12H14FN3O. The van der Waals surface area contributed by atoms with Crippen molar-refractivity contribution < 1.29 is 9.13 Å². The van der Waals surface area contributed by atoms with Crippen LogP contribution in [0.3, 0.4) is 0 Å². The van der Waals surface area contributed by atoms with Crippen LogP contribution in [0.4, 0.5) is 10.1 Å². The highest BCUT2D eigenvalue weighted by Crippen LogP contribution is 2.30. The third-order valence-corrected chi connectivity index (χ3v) is 2.48. The van der Waals surface area contributed by atoms with Crippen LogP contribution < -0.4 is 10.5 Å². The number of aromatic nitrogens is 2. The lowest BCUT2D eigenvalue weighted by atomic mass is 10.3. The molecule has 0 aliphatic carbocycles. The number of rotatable bonds is 3. The Morgan fingerprint density at radius 2 is 2.12 bits per heavy atom. The van der Waals surface area contributed by atoms with Gasteiger partial charge in [-0.05, 0) is 18.6 Å². The summed E-state index contributed by atoms with van der Waals surface area (Å²) in [5, 5.41) is 4.20. The van der Waals surface area contributed by atoms with E-state index in [2.05, 4.69) is 5.10 Å². The van der Waals surface area contributed by atoms with Crippen LogP contribution in [0, 0.1) is 5.82 Å². The molecule has 2 rings (SSSR count). The van der Waals surface area contributed by atoms with E-state index in [9.17, 15) is 4.39 Å². The Hall–Kier alpha value is -2.04. The van der Waals surface area contributed by atoms with Gasteiger partial charge in [0.05, 0.1) is 5.69 Å². The Morgan fingerprint density at radius 1 is 1.41 bits per heavy atom. The number of aryl methyl sites for hydroxylation is 2. The molecule has 1 aromatic heterocycles. The number of hydrogen-bond donors (Lipinski definition) is 1. The van der Waals surface area contributed by atoms with E-state index in [1.165, 1.54) is 10.7 Å². The van der Waals surface area contributed by atoms with Crippen LogP contribution in [-0.2, 0) is 13.5 Å². The first-order valence-corrected chi connectivity index (χ1v) is 5.37. The van der Waals surface area contributed by atoms with Gasteiger partial charge in [0.25, 0.3) is 0 Å². The normalized spacial score (nSPS) is 10.5. The Balaban J connectivity index is 2.37. The number of para-hydroxylation sites is 1. The Kier molecular flexibility index (Phi) is 2.99. The lowest BCUT2D eigenvalue weighted by Crippen LogP contribution is -1.98. The highest BCUT2D eigenvalue weighted by atomic mass is 19.1. The number of nitrogens with two attached hydrogens (primary N) is 1. The molecule has 0 saturated carbocycles. The second-order valence-electron chi connectivity index (χ2n) is 3.68. The maximum absolute atomic E-state index is 13.4. The van der Waals surface area contributed by atoms with Gasteiger partial charge in [-0.3, -0.25) is 0 Å². The van der Waals surface area contributed by atoms with Crippen molar-refractivity contribution in [2.75, 3.05) is 5.73 Å². The van der Waals surface area contributed by atoms with Crippen molar-refractivity contribution in [3.63, 3.8) is 0 Å². The maximum Gasteiger partial charge on any atom is 0.241 e. The minimum Gasteiger partial charge on any atom is -0.434 e. The highest BCUT2D eigenvalue weighted by molar-refractivity contribution is 5.54. The zero-order chi connectivity index (χ0) is 12.4. The van der Waals surface area contributed by atoms with E-state index in [1.54, 1.807) is 25.2 Å². The minimum absolute atomic E-state index is 0.143. The molecule has 1 aromatic carbocycles. The fraction of sp³-hybridized carbons (Fsp3) is 0.250. The summed E-state index contributed by atoms with van der Waals surface area (Å²) in [6.07, 6.45) is 0.709. The van der Waals surface area contributed by atoms with Gasteiger partial charge in [-0.15, -0.1) is 0 Å². The molecule has 2 N–H and O–H groups in total. The van der Waals surface area contributed by atoms with Crippen LogP contribution in [-0.4, -0.2) is 9.78 Å². The van der Waals surface area contributed by atoms with E-state index in [1.807, 2.05) is 6.92 Å². The summed E-state index contributed by atoms with van der Waals surface area (Å²) in [5.41, 5.74) is 7.09. The van der Waals surface area contributed by atoms with E-state index < -0.39 is 5.82 Å². The highest BCUT2D eigenvalue weighted by Gasteiger charge is 2.15. The Labute approximate surface area is 98.8 Å². The zero-order valence-electron chi connectivity index (χ0n) is 9.77. The standard InChI is InChI=1S/C12H14FN3O/c1-3-9-11(14)12(16(2)15-9)17-10-7-5-4-6-8(10)13/h4-7H,3,14H2,1-2H3. The van der Waals surface area contributed by atoms with Gasteiger partial charge in [-0.1, -0.05) is 19.1 Å². The van der Waals surface area contributed by atoms with E-state index in [-0.39, 0.29) is 5.75 Å². The number of nitrogen functional groups attached to an aromatic ring is 1. The van der Waals surface area contributed by atoms with Crippen molar-refractivity contribution in [1.29, 1.82) is 0 Å². The predicted octanol–water partition coefficient (Wildman–Crippen LogP) is 2.50. The summed E-state index contributed by atoms with van der Waals surface area (Å²) in [4.78, 5) is 0. The van der Waals surface area contributed by atoms with Crippen LogP contribution >= 0.6 is 0 Å². The fourth-order valence-corrected chi connectivity index (χ4v) is 1.59. The molecule has 4 nitrogen and oxygen atoms in total. The number of halogens is 1. The van der Waals surface area contributed by atoms with Crippen molar-refractivity contribution in [3.8, 4) is 11.6 Å². The second-order valence-corrected chi connectivity index (χ2v) is 3.68. The summed E-state index contributed by atoms with van der Waals surface area (Å²) in [5.74, 6) is 0.0861. The summed E-state index contributed by atoms with van der Waals surface area (Å²) in [7, 11) is 1.71. The molecule has 1 heterocycles. The number of anilines is 1. The molecule has 17 heavy (non-hydrogen) atoms. The van der Waals surface area contributed by atoms with Gasteiger partial charge in [0.2, 0.25) is 5.88 Å². The molecule has 0 fully saturated rings. The summed E-state index contributed by atoms with van der Waals surface area (Å²) in [6, 6.07) is 6.19. The first-order chi connectivity index (χ1) is 8.13. The van der Waals surface area contributed by atoms with Crippen molar-refractivity contribution >= 4 is 5.69 Å². The molecule has 0 atom stereocenters. The molecule has 0 bridgehead atoms. The smallest absolute Gasteiger partial charge is 0.241 e. The van der Waals surface area contributed by atoms with Gasteiger partial charge in [-0.2, -0.15) is 5.10 Å². The summed E-state index contributed by atoms with van der Waals surface area (Å²) < 4.78 is 20.4. The van der Waals surface area contributed by atoms with E-state index in [0.717, 1.165) is 5.69 Å². The molecule has 2 aromatic rings. The van der Waals surface area contributed by atoms with E-state index in [0.29, 0.717) is 18.0 Å². The largest absolute Gasteiger partial charge is 0.434 e. The number of benzene rings is 1. The van der Waals surface area contributed by atoms with Crippen molar-refractivity contribution in [3.05, 3.63) is 35.8 Å². The lowest BCUT2D eigenvalue weighted by molar-refractivity contribution is 0.405. The van der Waals surface area contributed by atoms with Crippen LogP contribution in [0.15, 0.2) is 24.3 Å². The third kappa shape index (κ3) is 2.08. The third-order valence-electron chi connectivity index (χ3n) is 2.48. The van der Waals surface area contributed by atoms with E-state index in [4.69, 9.17) is 10.5 Å². The monoisotopic (exact) mass is 235 g/mol. The molecule has 0 unspecified atom stereocenters. The average Bonchev–Trinajstić information content (AvgIpc) is 2.59. The fourth-order valence-electron chi connectivity index (χ4n) is 1.59. The van der Waals surface area contributed by atoms with Crippen molar-refractivity contribution in [1.82, 2.24) is 9.78 Å². The van der Waals surface area contributed by atoms with Gasteiger partial charge in [0, 0.05) is 7.05 Å². The SMILES string of the molecule is CCc1nn(C)c(Oc2ccccc2F)c1N. The van der Waals surface area contributed by atoms with Gasteiger partial charge in [-0.25, -0.2) is 9.07 Å². The number of hydrogen-bond acceptors (Lipinski definition) is 3. The molecule has 90 valence electrons. The molecule has 0 aliphatic heterocycles. The number of ether oxygens (including phenoxy) is 1. The molecule has 0 spiro atoms. The van der Waals surface area contributed by atoms with Crippen molar-refractivity contribution in [2.24, 2.45) is 7.05 Å². The Morgan fingerprint density at radius 3 is 2.71 bits per heavy atom. The van der Waals surface area contributed by atoms with Crippen LogP contribution in [0.1, 0.15) is 12.6 Å². The second kappa shape index (κ2) is 4.45. The molecule has 5 heteroatoms. The Bertz CT molecular complexity index is 537. The topological polar surface area (TPSA) is 53.1 Å². The minimum atomic E-state index is -0.425. The summed E-state index contributed by atoms with van der Waals surface area (Å²) in [6.45, 7) is 1.95. The molecular weight excluding hydrogens is 221 g/mol. The van der Waals surface area contributed by atoms with Gasteiger partial charge < -0.3 is 10.5 Å². The number of nitrogens with zero attached hydrogens (tertiary/aromatic N) is 2. The quantitative estimate of drug-likeness (QED) is 0.889.